The lowest BCUT2D eigenvalue weighted by Crippen LogP contribution is -2.36. The molecule has 1 aromatic heterocycles. The van der Waals surface area contributed by atoms with Gasteiger partial charge in [-0.15, -0.1) is 11.3 Å². The zero-order valence-corrected chi connectivity index (χ0v) is 18.3. The third kappa shape index (κ3) is 2.56. The molecule has 5 nitrogen and oxygen atoms in total. The predicted molar refractivity (Wildman–Crippen MR) is 118 cm³/mol. The van der Waals surface area contributed by atoms with Crippen LogP contribution in [0, 0.1) is 0 Å². The van der Waals surface area contributed by atoms with Crippen LogP contribution in [0.3, 0.4) is 0 Å². The largest absolute Gasteiger partial charge is 0.492 e. The molecule has 0 N–H and O–H groups in total. The smallest absolute Gasteiger partial charge is 0.231 e. The van der Waals surface area contributed by atoms with Crippen molar-refractivity contribution in [1.29, 1.82) is 0 Å². The Bertz CT molecular complexity index is 1160. The van der Waals surface area contributed by atoms with E-state index < -0.39 is 0 Å². The SMILES string of the molecule is CC(C)c1nc(CN2CC3(COc4cc5c(cc43)OCO5)c3c(Cl)cccc32)cs1. The maximum absolute atomic E-state index is 6.79. The second kappa shape index (κ2) is 6.53. The minimum absolute atomic E-state index is 0.247. The highest BCUT2D eigenvalue weighted by molar-refractivity contribution is 7.09. The van der Waals surface area contributed by atoms with Crippen LogP contribution in [0.2, 0.25) is 5.02 Å². The molecule has 0 amide bonds. The van der Waals surface area contributed by atoms with E-state index in [4.69, 9.17) is 30.8 Å². The summed E-state index contributed by atoms with van der Waals surface area (Å²) >= 11 is 8.52. The van der Waals surface area contributed by atoms with E-state index >= 15 is 0 Å². The Morgan fingerprint density at radius 2 is 2.00 bits per heavy atom. The Kier molecular flexibility index (Phi) is 3.99. The molecule has 2 aromatic carbocycles. The van der Waals surface area contributed by atoms with Gasteiger partial charge in [0.25, 0.3) is 0 Å². The Labute approximate surface area is 184 Å². The number of aromatic nitrogens is 1. The molecule has 0 aliphatic carbocycles. The third-order valence-electron chi connectivity index (χ3n) is 6.15. The second-order valence-corrected chi connectivity index (χ2v) is 9.69. The van der Waals surface area contributed by atoms with Gasteiger partial charge in [-0.05, 0) is 18.2 Å². The van der Waals surface area contributed by atoms with E-state index in [0.717, 1.165) is 57.9 Å². The lowest BCUT2D eigenvalue weighted by molar-refractivity contribution is 0.173. The van der Waals surface area contributed by atoms with Crippen LogP contribution in [0.15, 0.2) is 35.7 Å². The van der Waals surface area contributed by atoms with E-state index in [0.29, 0.717) is 12.5 Å². The van der Waals surface area contributed by atoms with Gasteiger partial charge in [0.2, 0.25) is 6.79 Å². The molecule has 30 heavy (non-hydrogen) atoms. The Morgan fingerprint density at radius 3 is 2.80 bits per heavy atom. The molecule has 154 valence electrons. The Morgan fingerprint density at radius 1 is 1.17 bits per heavy atom. The molecule has 6 rings (SSSR count). The molecule has 4 heterocycles. The summed E-state index contributed by atoms with van der Waals surface area (Å²) in [6.07, 6.45) is 0. The fourth-order valence-corrected chi connectivity index (χ4v) is 5.95. The van der Waals surface area contributed by atoms with Crippen molar-refractivity contribution in [2.45, 2.75) is 31.7 Å². The molecular formula is C23H21ClN2O3S. The van der Waals surface area contributed by atoms with Gasteiger partial charge in [-0.2, -0.15) is 0 Å². The topological polar surface area (TPSA) is 43.8 Å². The molecule has 0 bridgehead atoms. The molecule has 1 spiro atoms. The standard InChI is InChI=1S/C23H21ClN2O3S/c1-13(2)22-25-14(9-30-22)8-26-10-23(21-16(24)4-3-5-17(21)26)11-27-18-7-20-19(6-15(18)23)28-12-29-20/h3-7,9,13H,8,10-12H2,1-2H3. The summed E-state index contributed by atoms with van der Waals surface area (Å²) in [5.41, 5.74) is 4.15. The van der Waals surface area contributed by atoms with Gasteiger partial charge in [-0.25, -0.2) is 4.98 Å². The van der Waals surface area contributed by atoms with Gasteiger partial charge in [0.05, 0.1) is 22.7 Å². The molecule has 1 atom stereocenters. The predicted octanol–water partition coefficient (Wildman–Crippen LogP) is 5.35. The molecule has 3 aromatic rings. The van der Waals surface area contributed by atoms with E-state index in [1.807, 2.05) is 18.2 Å². The summed E-state index contributed by atoms with van der Waals surface area (Å²) in [5.74, 6) is 2.80. The van der Waals surface area contributed by atoms with Gasteiger partial charge in [0, 0.05) is 45.7 Å². The number of fused-ring (bicyclic) bond motifs is 5. The van der Waals surface area contributed by atoms with Gasteiger partial charge in [-0.1, -0.05) is 31.5 Å². The van der Waals surface area contributed by atoms with Crippen molar-refractivity contribution < 1.29 is 14.2 Å². The van der Waals surface area contributed by atoms with Crippen LogP contribution in [0.1, 0.15) is 41.6 Å². The van der Waals surface area contributed by atoms with Crippen LogP contribution >= 0.6 is 22.9 Å². The fourth-order valence-electron chi connectivity index (χ4n) is 4.77. The van der Waals surface area contributed by atoms with Crippen molar-refractivity contribution in [3.63, 3.8) is 0 Å². The number of rotatable bonds is 3. The van der Waals surface area contributed by atoms with Crippen LogP contribution < -0.4 is 19.1 Å². The molecule has 0 radical (unpaired) electrons. The van der Waals surface area contributed by atoms with E-state index in [9.17, 15) is 0 Å². The lowest BCUT2D eigenvalue weighted by atomic mass is 9.77. The molecule has 0 saturated heterocycles. The highest BCUT2D eigenvalue weighted by Gasteiger charge is 2.51. The number of hydrogen-bond acceptors (Lipinski definition) is 6. The normalized spacial score (nSPS) is 20.7. The highest BCUT2D eigenvalue weighted by Crippen LogP contribution is 2.56. The maximum atomic E-state index is 6.79. The minimum atomic E-state index is -0.332. The zero-order valence-electron chi connectivity index (χ0n) is 16.8. The Hall–Kier alpha value is -2.44. The molecule has 3 aliphatic heterocycles. The minimum Gasteiger partial charge on any atom is -0.492 e. The van der Waals surface area contributed by atoms with Gasteiger partial charge < -0.3 is 19.1 Å². The molecule has 0 saturated carbocycles. The van der Waals surface area contributed by atoms with Crippen LogP contribution in [-0.2, 0) is 12.0 Å². The average molecular weight is 441 g/mol. The lowest BCUT2D eigenvalue weighted by Gasteiger charge is -2.25. The summed E-state index contributed by atoms with van der Waals surface area (Å²) in [6.45, 7) is 6.69. The van der Waals surface area contributed by atoms with Crippen LogP contribution in [-0.4, -0.2) is 24.9 Å². The summed E-state index contributed by atoms with van der Waals surface area (Å²) in [6, 6.07) is 10.2. The first-order chi connectivity index (χ1) is 14.5. The number of benzene rings is 2. The van der Waals surface area contributed by atoms with Gasteiger partial charge >= 0.3 is 0 Å². The van der Waals surface area contributed by atoms with E-state index in [-0.39, 0.29) is 12.2 Å². The number of hydrogen-bond donors (Lipinski definition) is 0. The van der Waals surface area contributed by atoms with Crippen molar-refractivity contribution in [3.8, 4) is 17.2 Å². The Balaban J connectivity index is 1.44. The van der Waals surface area contributed by atoms with Crippen LogP contribution in [0.25, 0.3) is 0 Å². The van der Waals surface area contributed by atoms with E-state index in [2.05, 4.69) is 36.3 Å². The molecule has 7 heteroatoms. The first-order valence-corrected chi connectivity index (χ1v) is 11.4. The number of anilines is 1. The maximum Gasteiger partial charge on any atom is 0.231 e. The first-order valence-electron chi connectivity index (χ1n) is 10.1. The highest BCUT2D eigenvalue weighted by atomic mass is 35.5. The van der Waals surface area contributed by atoms with Crippen molar-refractivity contribution in [2.75, 3.05) is 24.8 Å². The number of nitrogens with zero attached hydrogens (tertiary/aromatic N) is 2. The number of ether oxygens (including phenoxy) is 3. The first kappa shape index (κ1) is 18.3. The van der Waals surface area contributed by atoms with Crippen molar-refractivity contribution in [1.82, 2.24) is 4.98 Å². The van der Waals surface area contributed by atoms with Gasteiger partial charge in [0.15, 0.2) is 11.5 Å². The van der Waals surface area contributed by atoms with Crippen LogP contribution in [0.4, 0.5) is 5.69 Å². The molecule has 3 aliphatic rings. The molecular weight excluding hydrogens is 420 g/mol. The van der Waals surface area contributed by atoms with Crippen LogP contribution in [0.5, 0.6) is 17.2 Å². The second-order valence-electron chi connectivity index (χ2n) is 8.39. The summed E-state index contributed by atoms with van der Waals surface area (Å²) in [4.78, 5) is 7.23. The monoisotopic (exact) mass is 440 g/mol. The van der Waals surface area contributed by atoms with Crippen molar-refractivity contribution in [2.24, 2.45) is 0 Å². The molecule has 1 unspecified atom stereocenters. The summed E-state index contributed by atoms with van der Waals surface area (Å²) in [7, 11) is 0. The number of halogens is 1. The fraction of sp³-hybridized carbons (Fsp3) is 0.348. The zero-order chi connectivity index (χ0) is 20.5. The van der Waals surface area contributed by atoms with E-state index in [1.54, 1.807) is 11.3 Å². The number of thiazole rings is 1. The average Bonchev–Trinajstić information content (AvgIpc) is 3.49. The van der Waals surface area contributed by atoms with Gasteiger partial charge in [0.1, 0.15) is 12.4 Å². The third-order valence-corrected chi connectivity index (χ3v) is 7.66. The summed E-state index contributed by atoms with van der Waals surface area (Å²) < 4.78 is 17.4. The molecule has 0 fully saturated rings. The van der Waals surface area contributed by atoms with Crippen molar-refractivity contribution >= 4 is 28.6 Å². The quantitative estimate of drug-likeness (QED) is 0.549. The summed E-state index contributed by atoms with van der Waals surface area (Å²) in [5, 5.41) is 4.11. The van der Waals surface area contributed by atoms with Crippen molar-refractivity contribution in [3.05, 3.63) is 62.6 Å². The van der Waals surface area contributed by atoms with Gasteiger partial charge in [-0.3, -0.25) is 0 Å². The van der Waals surface area contributed by atoms with E-state index in [1.165, 1.54) is 5.01 Å².